The first kappa shape index (κ1) is 16.7. The summed E-state index contributed by atoms with van der Waals surface area (Å²) in [6.45, 7) is 7.26. The predicted molar refractivity (Wildman–Crippen MR) is 78.4 cm³/mol. The molecule has 1 unspecified atom stereocenters. The Bertz CT molecular complexity index is 570. The highest BCUT2D eigenvalue weighted by Crippen LogP contribution is 2.32. The molecule has 1 N–H and O–H groups in total. The van der Waals surface area contributed by atoms with E-state index in [-0.39, 0.29) is 18.1 Å². The van der Waals surface area contributed by atoms with Crippen molar-refractivity contribution in [2.45, 2.75) is 39.0 Å². The van der Waals surface area contributed by atoms with E-state index in [9.17, 15) is 13.2 Å². The molecule has 0 fully saturated rings. The van der Waals surface area contributed by atoms with Crippen LogP contribution in [0.15, 0.2) is 29.2 Å². The number of carboxylic acid groups (broad SMARTS) is 1. The van der Waals surface area contributed by atoms with Gasteiger partial charge in [-0.1, -0.05) is 38.5 Å². The van der Waals surface area contributed by atoms with Gasteiger partial charge in [0.05, 0.1) is 17.1 Å². The molecule has 0 amide bonds. The zero-order chi connectivity index (χ0) is 15.6. The number of hydrogen-bond donors (Lipinski definition) is 1. The van der Waals surface area contributed by atoms with E-state index < -0.39 is 21.2 Å². The lowest BCUT2D eigenvalue weighted by Gasteiger charge is -2.30. The van der Waals surface area contributed by atoms with E-state index in [1.807, 2.05) is 6.92 Å². The lowest BCUT2D eigenvalue weighted by molar-refractivity contribution is -0.139. The molecule has 1 rings (SSSR count). The molecule has 0 aliphatic rings. The first-order chi connectivity index (χ1) is 9.04. The molecule has 5 heteroatoms. The Morgan fingerprint density at radius 2 is 1.75 bits per heavy atom. The van der Waals surface area contributed by atoms with Crippen molar-refractivity contribution in [3.05, 3.63) is 29.8 Å². The van der Waals surface area contributed by atoms with Crippen molar-refractivity contribution in [3.63, 3.8) is 0 Å². The SMILES string of the molecule is Cc1ccc(S(=O)(=O)CC(C)C(C)(C)CC(=O)O)cc1. The van der Waals surface area contributed by atoms with Crippen molar-refractivity contribution >= 4 is 15.8 Å². The van der Waals surface area contributed by atoms with E-state index in [1.165, 1.54) is 0 Å². The first-order valence-corrected chi connectivity index (χ1v) is 8.21. The number of carboxylic acids is 1. The molecular formula is C15H22O4S. The second-order valence-corrected chi connectivity index (χ2v) is 8.09. The van der Waals surface area contributed by atoms with Gasteiger partial charge in [-0.3, -0.25) is 4.79 Å². The van der Waals surface area contributed by atoms with Crippen LogP contribution in [-0.2, 0) is 14.6 Å². The van der Waals surface area contributed by atoms with Gasteiger partial charge < -0.3 is 5.11 Å². The lowest BCUT2D eigenvalue weighted by Crippen LogP contribution is -2.30. The standard InChI is InChI=1S/C15H22O4S/c1-11-5-7-13(8-6-11)20(18,19)10-12(2)15(3,4)9-14(16)17/h5-8,12H,9-10H2,1-4H3,(H,16,17). The largest absolute Gasteiger partial charge is 0.481 e. The Morgan fingerprint density at radius 1 is 1.25 bits per heavy atom. The molecule has 1 aromatic rings. The molecule has 1 aromatic carbocycles. The van der Waals surface area contributed by atoms with E-state index in [0.29, 0.717) is 4.90 Å². The summed E-state index contributed by atoms with van der Waals surface area (Å²) >= 11 is 0. The van der Waals surface area contributed by atoms with Gasteiger partial charge in [-0.2, -0.15) is 0 Å². The van der Waals surface area contributed by atoms with Gasteiger partial charge in [-0.15, -0.1) is 0 Å². The van der Waals surface area contributed by atoms with Crippen LogP contribution in [0.3, 0.4) is 0 Å². The third kappa shape index (κ3) is 4.34. The highest BCUT2D eigenvalue weighted by molar-refractivity contribution is 7.91. The molecule has 0 aliphatic heterocycles. The first-order valence-electron chi connectivity index (χ1n) is 6.56. The maximum Gasteiger partial charge on any atom is 0.303 e. The number of rotatable bonds is 6. The summed E-state index contributed by atoms with van der Waals surface area (Å²) in [4.78, 5) is 11.1. The van der Waals surface area contributed by atoms with E-state index >= 15 is 0 Å². The van der Waals surface area contributed by atoms with Crippen LogP contribution >= 0.6 is 0 Å². The van der Waals surface area contributed by atoms with Gasteiger partial charge in [0.2, 0.25) is 0 Å². The van der Waals surface area contributed by atoms with Gasteiger partial charge >= 0.3 is 5.97 Å². The molecular weight excluding hydrogens is 276 g/mol. The van der Waals surface area contributed by atoms with Crippen LogP contribution in [0.5, 0.6) is 0 Å². The molecule has 0 radical (unpaired) electrons. The molecule has 0 bridgehead atoms. The fraction of sp³-hybridized carbons (Fsp3) is 0.533. The Morgan fingerprint density at radius 3 is 2.20 bits per heavy atom. The topological polar surface area (TPSA) is 71.4 Å². The fourth-order valence-electron chi connectivity index (χ4n) is 1.96. The zero-order valence-electron chi connectivity index (χ0n) is 12.4. The smallest absolute Gasteiger partial charge is 0.303 e. The van der Waals surface area contributed by atoms with Crippen LogP contribution in [0.2, 0.25) is 0 Å². The summed E-state index contributed by atoms with van der Waals surface area (Å²) in [5.41, 5.74) is 0.437. The number of aliphatic carboxylic acids is 1. The summed E-state index contributed by atoms with van der Waals surface area (Å²) in [5, 5.41) is 8.89. The monoisotopic (exact) mass is 298 g/mol. The fourth-order valence-corrected chi connectivity index (χ4v) is 3.81. The van der Waals surface area contributed by atoms with Crippen molar-refractivity contribution in [2.75, 3.05) is 5.75 Å². The minimum absolute atomic E-state index is 0.0441. The minimum atomic E-state index is -3.39. The summed E-state index contributed by atoms with van der Waals surface area (Å²) < 4.78 is 24.7. The van der Waals surface area contributed by atoms with Crippen molar-refractivity contribution in [1.29, 1.82) is 0 Å². The summed E-state index contributed by atoms with van der Waals surface area (Å²) in [7, 11) is -3.39. The molecule has 0 spiro atoms. The van der Waals surface area contributed by atoms with Gasteiger partial charge in [-0.05, 0) is 30.4 Å². The molecule has 0 saturated carbocycles. The lowest BCUT2D eigenvalue weighted by atomic mass is 9.78. The Labute approximate surface area is 120 Å². The van der Waals surface area contributed by atoms with Crippen molar-refractivity contribution < 1.29 is 18.3 Å². The third-order valence-corrected chi connectivity index (χ3v) is 5.72. The number of benzene rings is 1. The average molecular weight is 298 g/mol. The molecule has 1 atom stereocenters. The van der Waals surface area contributed by atoms with Crippen LogP contribution in [0.25, 0.3) is 0 Å². The number of hydrogen-bond acceptors (Lipinski definition) is 3. The molecule has 112 valence electrons. The van der Waals surface area contributed by atoms with Gasteiger partial charge in [0.15, 0.2) is 9.84 Å². The third-order valence-electron chi connectivity index (χ3n) is 3.79. The Kier molecular flexibility index (Phi) is 4.97. The second kappa shape index (κ2) is 5.95. The molecule has 0 aromatic heterocycles. The molecule has 0 aliphatic carbocycles. The number of aryl methyl sites for hydroxylation is 1. The van der Waals surface area contributed by atoms with E-state index in [4.69, 9.17) is 5.11 Å². The van der Waals surface area contributed by atoms with Crippen LogP contribution in [0, 0.1) is 18.3 Å². The van der Waals surface area contributed by atoms with Gasteiger partial charge in [0.1, 0.15) is 0 Å². The molecule has 0 heterocycles. The number of sulfone groups is 1. The van der Waals surface area contributed by atoms with Crippen molar-refractivity contribution in [3.8, 4) is 0 Å². The average Bonchev–Trinajstić information content (AvgIpc) is 2.27. The van der Waals surface area contributed by atoms with Gasteiger partial charge in [0, 0.05) is 0 Å². The van der Waals surface area contributed by atoms with Crippen molar-refractivity contribution in [1.82, 2.24) is 0 Å². The maximum absolute atomic E-state index is 12.3. The number of carbonyl (C=O) groups is 1. The molecule has 4 nitrogen and oxygen atoms in total. The summed E-state index contributed by atoms with van der Waals surface area (Å²) in [6, 6.07) is 6.73. The van der Waals surface area contributed by atoms with Gasteiger partial charge in [-0.25, -0.2) is 8.42 Å². The Balaban J connectivity index is 2.91. The van der Waals surface area contributed by atoms with Crippen LogP contribution in [-0.4, -0.2) is 25.2 Å². The summed E-state index contributed by atoms with van der Waals surface area (Å²) in [6.07, 6.45) is -0.0441. The van der Waals surface area contributed by atoms with Gasteiger partial charge in [0.25, 0.3) is 0 Å². The van der Waals surface area contributed by atoms with Crippen LogP contribution < -0.4 is 0 Å². The highest BCUT2D eigenvalue weighted by atomic mass is 32.2. The van der Waals surface area contributed by atoms with Crippen molar-refractivity contribution in [2.24, 2.45) is 11.3 Å². The van der Waals surface area contributed by atoms with E-state index in [1.54, 1.807) is 45.0 Å². The maximum atomic E-state index is 12.3. The van der Waals surface area contributed by atoms with Crippen LogP contribution in [0.1, 0.15) is 32.8 Å². The quantitative estimate of drug-likeness (QED) is 0.876. The predicted octanol–water partition coefficient (Wildman–Crippen LogP) is 2.91. The molecule has 0 saturated heterocycles. The summed E-state index contributed by atoms with van der Waals surface area (Å²) in [5.74, 6) is -1.20. The molecule has 20 heavy (non-hydrogen) atoms. The second-order valence-electron chi connectivity index (χ2n) is 6.05. The van der Waals surface area contributed by atoms with Crippen LogP contribution in [0.4, 0.5) is 0 Å². The minimum Gasteiger partial charge on any atom is -0.481 e. The normalized spacial score (nSPS) is 14.0. The zero-order valence-corrected chi connectivity index (χ0v) is 13.2. The Hall–Kier alpha value is -1.36. The highest BCUT2D eigenvalue weighted by Gasteiger charge is 2.32. The van der Waals surface area contributed by atoms with E-state index in [2.05, 4.69) is 0 Å². The van der Waals surface area contributed by atoms with E-state index in [0.717, 1.165) is 5.56 Å².